The zero-order valence-electron chi connectivity index (χ0n) is 15.9. The quantitative estimate of drug-likeness (QED) is 0.896. The average molecular weight is 366 g/mol. The van der Waals surface area contributed by atoms with Crippen LogP contribution in [0.4, 0.5) is 0 Å². The van der Waals surface area contributed by atoms with E-state index in [2.05, 4.69) is 41.2 Å². The Morgan fingerprint density at radius 1 is 1.19 bits per heavy atom. The number of hydrogen-bond donors (Lipinski definition) is 1. The highest BCUT2D eigenvalue weighted by atomic mass is 16.2. The molecule has 2 saturated heterocycles. The van der Waals surface area contributed by atoms with E-state index in [1.165, 1.54) is 5.56 Å². The molecule has 0 unspecified atom stereocenters. The molecule has 3 heterocycles. The molecule has 2 atom stereocenters. The van der Waals surface area contributed by atoms with Gasteiger partial charge in [-0.15, -0.1) is 0 Å². The number of aromatic nitrogens is 1. The molecular weight excluding hydrogens is 340 g/mol. The number of piperazine rings is 2. The summed E-state index contributed by atoms with van der Waals surface area (Å²) in [7, 11) is 0. The van der Waals surface area contributed by atoms with E-state index in [9.17, 15) is 9.59 Å². The molecule has 6 nitrogen and oxygen atoms in total. The van der Waals surface area contributed by atoms with Crippen LogP contribution >= 0.6 is 0 Å². The van der Waals surface area contributed by atoms with Gasteiger partial charge in [-0.25, -0.2) is 0 Å². The van der Waals surface area contributed by atoms with Crippen molar-refractivity contribution < 1.29 is 9.59 Å². The number of benzene rings is 1. The van der Waals surface area contributed by atoms with Gasteiger partial charge in [-0.2, -0.15) is 0 Å². The normalized spacial score (nSPS) is 23.6. The van der Waals surface area contributed by atoms with Gasteiger partial charge in [0.25, 0.3) is 0 Å². The van der Waals surface area contributed by atoms with E-state index in [1.54, 1.807) is 11.1 Å². The van der Waals surface area contributed by atoms with Crippen molar-refractivity contribution in [2.75, 3.05) is 19.6 Å². The molecule has 27 heavy (non-hydrogen) atoms. The van der Waals surface area contributed by atoms with Crippen molar-refractivity contribution in [2.24, 2.45) is 5.92 Å². The van der Waals surface area contributed by atoms with Crippen LogP contribution in [0.1, 0.15) is 25.8 Å². The minimum atomic E-state index is -0.386. The van der Waals surface area contributed by atoms with Crippen LogP contribution in [0.25, 0.3) is 10.9 Å². The lowest BCUT2D eigenvalue weighted by Gasteiger charge is -2.45. The van der Waals surface area contributed by atoms with Crippen molar-refractivity contribution in [3.63, 3.8) is 0 Å². The second-order valence-electron chi connectivity index (χ2n) is 7.96. The van der Waals surface area contributed by atoms with Crippen LogP contribution in [0, 0.1) is 5.92 Å². The van der Waals surface area contributed by atoms with Crippen LogP contribution in [0.2, 0.25) is 0 Å². The third-order valence-corrected chi connectivity index (χ3v) is 5.50. The minimum Gasteiger partial charge on any atom is -0.342 e. The van der Waals surface area contributed by atoms with Crippen molar-refractivity contribution in [3.8, 4) is 0 Å². The maximum atomic E-state index is 12.8. The molecule has 2 amide bonds. The lowest BCUT2D eigenvalue weighted by Crippen LogP contribution is -2.69. The number of carbonyl (C=O) groups is 2. The van der Waals surface area contributed by atoms with Crippen LogP contribution in [0.5, 0.6) is 0 Å². The maximum Gasteiger partial charge on any atom is 0.245 e. The van der Waals surface area contributed by atoms with Gasteiger partial charge < -0.3 is 10.2 Å². The van der Waals surface area contributed by atoms with E-state index in [0.29, 0.717) is 25.4 Å². The summed E-state index contributed by atoms with van der Waals surface area (Å²) in [4.78, 5) is 33.9. The first-order valence-corrected chi connectivity index (χ1v) is 9.69. The predicted molar refractivity (Wildman–Crippen MR) is 104 cm³/mol. The molecule has 2 aromatic rings. The highest BCUT2D eigenvalue weighted by Crippen LogP contribution is 2.23. The SMILES string of the molecule is CC(C)C[C@@H]1NC(=O)[C@H]2CN(Cc3cccc4ncccc34)CCN2C1=O. The largest absolute Gasteiger partial charge is 0.342 e. The Morgan fingerprint density at radius 2 is 2.04 bits per heavy atom. The third-order valence-electron chi connectivity index (χ3n) is 5.50. The van der Waals surface area contributed by atoms with Crippen molar-refractivity contribution in [3.05, 3.63) is 42.1 Å². The van der Waals surface area contributed by atoms with Crippen LogP contribution < -0.4 is 5.32 Å². The second-order valence-corrected chi connectivity index (χ2v) is 7.96. The number of pyridine rings is 1. The molecule has 0 saturated carbocycles. The summed E-state index contributed by atoms with van der Waals surface area (Å²) in [6, 6.07) is 9.42. The lowest BCUT2D eigenvalue weighted by molar-refractivity contribution is -0.153. The number of amides is 2. The number of nitrogens with zero attached hydrogens (tertiary/aromatic N) is 3. The van der Waals surface area contributed by atoms with Gasteiger partial charge in [0, 0.05) is 37.8 Å². The van der Waals surface area contributed by atoms with Crippen molar-refractivity contribution in [1.82, 2.24) is 20.1 Å². The maximum absolute atomic E-state index is 12.8. The highest BCUT2D eigenvalue weighted by molar-refractivity contribution is 5.97. The molecule has 1 aromatic carbocycles. The number of hydrogen-bond acceptors (Lipinski definition) is 4. The first-order chi connectivity index (χ1) is 13.0. The van der Waals surface area contributed by atoms with Gasteiger partial charge in [0.1, 0.15) is 12.1 Å². The van der Waals surface area contributed by atoms with Crippen LogP contribution in [-0.4, -0.2) is 58.3 Å². The zero-order valence-corrected chi connectivity index (χ0v) is 15.9. The van der Waals surface area contributed by atoms with E-state index < -0.39 is 0 Å². The van der Waals surface area contributed by atoms with Crippen molar-refractivity contribution in [1.29, 1.82) is 0 Å². The Hall–Kier alpha value is -2.47. The summed E-state index contributed by atoms with van der Waals surface area (Å²) in [6.07, 6.45) is 2.50. The molecule has 4 rings (SSSR count). The van der Waals surface area contributed by atoms with E-state index in [1.807, 2.05) is 18.2 Å². The molecule has 1 aromatic heterocycles. The first-order valence-electron chi connectivity index (χ1n) is 9.69. The summed E-state index contributed by atoms with van der Waals surface area (Å²) in [5, 5.41) is 4.09. The Kier molecular flexibility index (Phi) is 4.83. The van der Waals surface area contributed by atoms with E-state index in [0.717, 1.165) is 24.0 Å². The molecule has 2 fully saturated rings. The smallest absolute Gasteiger partial charge is 0.245 e. The van der Waals surface area contributed by atoms with Gasteiger partial charge in [0.15, 0.2) is 0 Å². The minimum absolute atomic E-state index is 0.0236. The number of carbonyl (C=O) groups excluding carboxylic acids is 2. The van der Waals surface area contributed by atoms with Crippen molar-refractivity contribution >= 4 is 22.7 Å². The van der Waals surface area contributed by atoms with Crippen LogP contribution in [-0.2, 0) is 16.1 Å². The molecule has 0 aliphatic carbocycles. The number of rotatable bonds is 4. The van der Waals surface area contributed by atoms with Crippen LogP contribution in [0.15, 0.2) is 36.5 Å². The Bertz CT molecular complexity index is 861. The highest BCUT2D eigenvalue weighted by Gasteiger charge is 2.43. The van der Waals surface area contributed by atoms with Gasteiger partial charge in [0.2, 0.25) is 11.8 Å². The molecule has 2 aliphatic rings. The van der Waals surface area contributed by atoms with E-state index in [4.69, 9.17) is 0 Å². The first kappa shape index (κ1) is 17.9. The molecule has 0 spiro atoms. The Morgan fingerprint density at radius 3 is 2.85 bits per heavy atom. The predicted octanol–water partition coefficient (Wildman–Crippen LogP) is 1.79. The summed E-state index contributed by atoms with van der Waals surface area (Å²) in [6.45, 7) is 6.85. The molecule has 142 valence electrons. The summed E-state index contributed by atoms with van der Waals surface area (Å²) < 4.78 is 0. The van der Waals surface area contributed by atoms with Gasteiger partial charge in [-0.05, 0) is 30.0 Å². The Labute approximate surface area is 159 Å². The van der Waals surface area contributed by atoms with Crippen molar-refractivity contribution in [2.45, 2.75) is 38.9 Å². The summed E-state index contributed by atoms with van der Waals surface area (Å²) in [5.41, 5.74) is 2.19. The van der Waals surface area contributed by atoms with E-state index >= 15 is 0 Å². The second kappa shape index (κ2) is 7.27. The third kappa shape index (κ3) is 3.54. The number of nitrogens with one attached hydrogen (secondary N) is 1. The zero-order chi connectivity index (χ0) is 19.0. The molecule has 1 N–H and O–H groups in total. The van der Waals surface area contributed by atoms with E-state index in [-0.39, 0.29) is 23.9 Å². The molecular formula is C21H26N4O2. The van der Waals surface area contributed by atoms with Gasteiger partial charge in [0.05, 0.1) is 5.52 Å². The average Bonchev–Trinajstić information content (AvgIpc) is 2.66. The molecule has 2 aliphatic heterocycles. The monoisotopic (exact) mass is 366 g/mol. The summed E-state index contributed by atoms with van der Waals surface area (Å²) in [5.74, 6) is 0.420. The fraction of sp³-hybridized carbons (Fsp3) is 0.476. The standard InChI is InChI=1S/C21H26N4O2/c1-14(2)11-18-21(27)25-10-9-24(13-19(25)20(26)23-18)12-15-5-3-7-17-16(15)6-4-8-22-17/h3-8,14,18-19H,9-13H2,1-2H3,(H,23,26)/t18-,19+/m0/s1. The fourth-order valence-corrected chi connectivity index (χ4v) is 4.18. The molecule has 6 heteroatoms. The Balaban J connectivity index is 1.48. The number of fused-ring (bicyclic) bond motifs is 2. The summed E-state index contributed by atoms with van der Waals surface area (Å²) >= 11 is 0. The van der Waals surface area contributed by atoms with Gasteiger partial charge >= 0.3 is 0 Å². The van der Waals surface area contributed by atoms with Gasteiger partial charge in [-0.3, -0.25) is 19.5 Å². The topological polar surface area (TPSA) is 65.5 Å². The lowest BCUT2D eigenvalue weighted by atomic mass is 9.97. The molecule has 0 bridgehead atoms. The molecule has 0 radical (unpaired) electrons. The van der Waals surface area contributed by atoms with Crippen LogP contribution in [0.3, 0.4) is 0 Å². The fourth-order valence-electron chi connectivity index (χ4n) is 4.18. The van der Waals surface area contributed by atoms with Gasteiger partial charge in [-0.1, -0.05) is 32.0 Å².